The van der Waals surface area contributed by atoms with Crippen molar-refractivity contribution >= 4 is 29.4 Å². The molecule has 0 spiro atoms. The SMILES string of the molecule is O=C=C1C(=C=O)C(c2ccccc2)=CC(C(=O)O)C1=C=O. The second-order valence-electron chi connectivity index (χ2n) is 4.23. The van der Waals surface area contributed by atoms with Gasteiger partial charge in [0.1, 0.15) is 23.7 Å². The van der Waals surface area contributed by atoms with Crippen LogP contribution < -0.4 is 0 Å². The number of rotatable bonds is 2. The highest BCUT2D eigenvalue weighted by molar-refractivity contribution is 6.04. The van der Waals surface area contributed by atoms with Crippen LogP contribution in [0.25, 0.3) is 5.57 Å². The lowest BCUT2D eigenvalue weighted by molar-refractivity contribution is -0.138. The van der Waals surface area contributed by atoms with E-state index >= 15 is 0 Å². The number of benzene rings is 1. The first kappa shape index (κ1) is 14.2. The summed E-state index contributed by atoms with van der Waals surface area (Å²) in [6.45, 7) is 0. The standard InChI is InChI=1S/C16H8O5/c17-7-13-11(10-4-2-1-3-5-10)6-12(16(20)21)14(8-18)15(13)9-19/h1-6,12H,(H,20,21). The van der Waals surface area contributed by atoms with Gasteiger partial charge >= 0.3 is 5.97 Å². The third-order valence-corrected chi connectivity index (χ3v) is 3.10. The van der Waals surface area contributed by atoms with E-state index in [0.29, 0.717) is 5.56 Å². The zero-order valence-electron chi connectivity index (χ0n) is 10.6. The van der Waals surface area contributed by atoms with E-state index in [4.69, 9.17) is 0 Å². The van der Waals surface area contributed by atoms with Crippen molar-refractivity contribution in [1.29, 1.82) is 0 Å². The van der Waals surface area contributed by atoms with Crippen LogP contribution in [0, 0.1) is 5.92 Å². The number of carboxylic acid groups (broad SMARTS) is 1. The van der Waals surface area contributed by atoms with E-state index in [1.54, 1.807) is 36.3 Å². The summed E-state index contributed by atoms with van der Waals surface area (Å²) in [5.74, 6) is 1.78. The quantitative estimate of drug-likeness (QED) is 0.818. The van der Waals surface area contributed by atoms with Gasteiger partial charge in [-0.2, -0.15) is 0 Å². The van der Waals surface area contributed by atoms with Crippen LogP contribution in [-0.4, -0.2) is 28.9 Å². The number of hydrogen-bond donors (Lipinski definition) is 1. The van der Waals surface area contributed by atoms with Crippen LogP contribution in [0.4, 0.5) is 0 Å². The first-order valence-electron chi connectivity index (χ1n) is 5.90. The summed E-state index contributed by atoms with van der Waals surface area (Å²) < 4.78 is 0. The van der Waals surface area contributed by atoms with Gasteiger partial charge in [-0.3, -0.25) is 4.79 Å². The predicted octanol–water partition coefficient (Wildman–Crippen LogP) is 1.06. The minimum Gasteiger partial charge on any atom is -0.481 e. The lowest BCUT2D eigenvalue weighted by Gasteiger charge is -2.20. The van der Waals surface area contributed by atoms with Crippen LogP contribution in [0.15, 0.2) is 53.1 Å². The summed E-state index contributed by atoms with van der Waals surface area (Å²) in [5.41, 5.74) is -0.244. The average molecular weight is 280 g/mol. The van der Waals surface area contributed by atoms with Gasteiger partial charge in [-0.15, -0.1) is 0 Å². The van der Waals surface area contributed by atoms with Gasteiger partial charge in [0, 0.05) is 0 Å². The predicted molar refractivity (Wildman–Crippen MR) is 73.2 cm³/mol. The molecule has 1 aromatic rings. The normalized spacial score (nSPS) is 17.4. The second-order valence-corrected chi connectivity index (χ2v) is 4.23. The summed E-state index contributed by atoms with van der Waals surface area (Å²) in [4.78, 5) is 44.4. The van der Waals surface area contributed by atoms with Crippen molar-refractivity contribution in [2.75, 3.05) is 0 Å². The molecule has 5 nitrogen and oxygen atoms in total. The van der Waals surface area contributed by atoms with Crippen molar-refractivity contribution in [2.45, 2.75) is 0 Å². The highest BCUT2D eigenvalue weighted by Crippen LogP contribution is 2.38. The Kier molecular flexibility index (Phi) is 3.94. The molecule has 0 saturated carbocycles. The molecule has 5 heteroatoms. The fraction of sp³-hybridized carbons (Fsp3) is 0.0625. The average Bonchev–Trinajstić information content (AvgIpc) is 2.53. The maximum Gasteiger partial charge on any atom is 0.315 e. The largest absolute Gasteiger partial charge is 0.481 e. The number of carboxylic acids is 1. The molecule has 2 rings (SSSR count). The summed E-state index contributed by atoms with van der Waals surface area (Å²) in [6.07, 6.45) is 1.24. The summed E-state index contributed by atoms with van der Waals surface area (Å²) in [5, 5.41) is 9.18. The molecule has 21 heavy (non-hydrogen) atoms. The molecular weight excluding hydrogens is 272 g/mol. The van der Waals surface area contributed by atoms with Gasteiger partial charge in [0.2, 0.25) is 0 Å². The number of carbonyl (C=O) groups is 1. The molecule has 1 aromatic carbocycles. The Bertz CT molecular complexity index is 781. The van der Waals surface area contributed by atoms with E-state index in [2.05, 4.69) is 0 Å². The zero-order valence-corrected chi connectivity index (χ0v) is 10.6. The Balaban J connectivity index is 2.79. The molecule has 0 bridgehead atoms. The van der Waals surface area contributed by atoms with Crippen LogP contribution in [0.1, 0.15) is 5.56 Å². The van der Waals surface area contributed by atoms with Gasteiger partial charge in [0.05, 0.1) is 16.7 Å². The number of carbonyl (C=O) groups excluding carboxylic acids is 3. The van der Waals surface area contributed by atoms with Crippen LogP contribution in [-0.2, 0) is 19.2 Å². The summed E-state index contributed by atoms with van der Waals surface area (Å²) >= 11 is 0. The number of allylic oxidation sites excluding steroid dienone is 3. The molecule has 0 radical (unpaired) electrons. The molecule has 0 aliphatic heterocycles. The van der Waals surface area contributed by atoms with Crippen molar-refractivity contribution in [3.8, 4) is 0 Å². The fourth-order valence-electron chi connectivity index (χ4n) is 2.14. The number of hydrogen-bond acceptors (Lipinski definition) is 4. The monoisotopic (exact) mass is 280 g/mol. The zero-order chi connectivity index (χ0) is 15.4. The third kappa shape index (κ3) is 2.44. The van der Waals surface area contributed by atoms with Crippen molar-refractivity contribution in [1.82, 2.24) is 0 Å². The van der Waals surface area contributed by atoms with E-state index in [1.165, 1.54) is 18.0 Å². The molecule has 0 fully saturated rings. The molecule has 0 aromatic heterocycles. The maximum absolute atomic E-state index is 11.3. The molecule has 0 saturated heterocycles. The minimum atomic E-state index is -1.36. The molecule has 0 amide bonds. The highest BCUT2D eigenvalue weighted by atomic mass is 16.4. The van der Waals surface area contributed by atoms with E-state index in [-0.39, 0.29) is 11.1 Å². The Morgan fingerprint density at radius 1 is 0.952 bits per heavy atom. The van der Waals surface area contributed by atoms with E-state index in [9.17, 15) is 24.3 Å². The lowest BCUT2D eigenvalue weighted by Crippen LogP contribution is -2.22. The highest BCUT2D eigenvalue weighted by Gasteiger charge is 2.34. The fourth-order valence-corrected chi connectivity index (χ4v) is 2.14. The molecule has 1 N–H and O–H groups in total. The Morgan fingerprint density at radius 2 is 1.57 bits per heavy atom. The van der Waals surface area contributed by atoms with Gasteiger partial charge < -0.3 is 5.11 Å². The van der Waals surface area contributed by atoms with Gasteiger partial charge in [-0.1, -0.05) is 36.4 Å². The molecule has 1 aliphatic rings. The van der Waals surface area contributed by atoms with Gasteiger partial charge in [-0.05, 0) is 11.1 Å². The van der Waals surface area contributed by atoms with Crippen LogP contribution in [0.5, 0.6) is 0 Å². The van der Waals surface area contributed by atoms with Crippen molar-refractivity contribution in [2.24, 2.45) is 5.92 Å². The summed E-state index contributed by atoms with van der Waals surface area (Å²) in [6, 6.07) is 8.45. The van der Waals surface area contributed by atoms with E-state index in [0.717, 1.165) is 0 Å². The molecule has 102 valence electrons. The van der Waals surface area contributed by atoms with E-state index < -0.39 is 23.0 Å². The first-order chi connectivity index (χ1) is 10.1. The van der Waals surface area contributed by atoms with Crippen molar-refractivity contribution in [3.05, 3.63) is 58.7 Å². The minimum absolute atomic E-state index is 0.188. The van der Waals surface area contributed by atoms with Gasteiger partial charge in [0.15, 0.2) is 0 Å². The Labute approximate surface area is 119 Å². The second kappa shape index (κ2) is 5.83. The lowest BCUT2D eigenvalue weighted by atomic mass is 9.78. The smallest absolute Gasteiger partial charge is 0.315 e. The third-order valence-electron chi connectivity index (χ3n) is 3.10. The number of aliphatic carboxylic acids is 1. The molecule has 0 heterocycles. The first-order valence-corrected chi connectivity index (χ1v) is 5.90. The van der Waals surface area contributed by atoms with Crippen LogP contribution in [0.3, 0.4) is 0 Å². The van der Waals surface area contributed by atoms with Crippen molar-refractivity contribution < 1.29 is 24.3 Å². The van der Waals surface area contributed by atoms with Crippen LogP contribution >= 0.6 is 0 Å². The summed E-state index contributed by atoms with van der Waals surface area (Å²) in [7, 11) is 0. The van der Waals surface area contributed by atoms with Crippen molar-refractivity contribution in [3.63, 3.8) is 0 Å². The van der Waals surface area contributed by atoms with Gasteiger partial charge in [-0.25, -0.2) is 14.4 Å². The Hall–Kier alpha value is -3.22. The maximum atomic E-state index is 11.3. The molecular formula is C16H8O5. The molecule has 1 atom stereocenters. The molecule has 1 unspecified atom stereocenters. The topological polar surface area (TPSA) is 88.5 Å². The Morgan fingerprint density at radius 3 is 2.05 bits per heavy atom. The van der Waals surface area contributed by atoms with Gasteiger partial charge in [0.25, 0.3) is 0 Å². The van der Waals surface area contributed by atoms with Crippen LogP contribution in [0.2, 0.25) is 0 Å². The van der Waals surface area contributed by atoms with E-state index in [1.807, 2.05) is 0 Å². The molecule has 1 aliphatic carbocycles.